The van der Waals surface area contributed by atoms with Crippen LogP contribution in [0.25, 0.3) is 0 Å². The molecule has 0 aromatic carbocycles. The summed E-state index contributed by atoms with van der Waals surface area (Å²) in [6.07, 6.45) is 4.79. The van der Waals surface area contributed by atoms with Crippen LogP contribution in [0.5, 0.6) is 0 Å². The van der Waals surface area contributed by atoms with Crippen molar-refractivity contribution in [1.82, 2.24) is 0 Å². The summed E-state index contributed by atoms with van der Waals surface area (Å²) in [6, 6.07) is 0. The molecule has 0 heterocycles. The highest BCUT2D eigenvalue weighted by atomic mass is 14.2. The van der Waals surface area contributed by atoms with E-state index in [-0.39, 0.29) is 0 Å². The molecular weight excluding hydrogens is 108 g/mol. The zero-order valence-electron chi connectivity index (χ0n) is 6.28. The molecule has 50 valence electrons. The molecule has 1 aliphatic carbocycles. The lowest BCUT2D eigenvalue weighted by atomic mass is 9.99. The summed E-state index contributed by atoms with van der Waals surface area (Å²) in [4.78, 5) is 0. The summed E-state index contributed by atoms with van der Waals surface area (Å²) >= 11 is 0. The largest absolute Gasteiger partial charge is 0.0998 e. The molecule has 0 radical (unpaired) electrons. The van der Waals surface area contributed by atoms with Crippen LogP contribution in [0, 0.1) is 5.92 Å². The normalized spacial score (nSPS) is 26.0. The highest BCUT2D eigenvalue weighted by molar-refractivity contribution is 5.14. The number of allylic oxidation sites excluding steroid dienone is 3. The highest BCUT2D eigenvalue weighted by Crippen LogP contribution is 2.28. The summed E-state index contributed by atoms with van der Waals surface area (Å²) < 4.78 is 0. The maximum atomic E-state index is 3.94. The second kappa shape index (κ2) is 2.38. The van der Waals surface area contributed by atoms with Crippen LogP contribution in [-0.2, 0) is 0 Å². The van der Waals surface area contributed by atoms with Crippen molar-refractivity contribution in [3.8, 4) is 0 Å². The van der Waals surface area contributed by atoms with Crippen molar-refractivity contribution in [3.63, 3.8) is 0 Å². The SMILES string of the molecule is C=C(C)[C@@H]1CC=C(C)C1. The van der Waals surface area contributed by atoms with Crippen molar-refractivity contribution in [1.29, 1.82) is 0 Å². The Bertz CT molecular complexity index is 151. The first-order valence-electron chi connectivity index (χ1n) is 3.51. The fraction of sp³-hybridized carbons (Fsp3) is 0.556. The van der Waals surface area contributed by atoms with Crippen molar-refractivity contribution < 1.29 is 0 Å². The Morgan fingerprint density at radius 1 is 1.78 bits per heavy atom. The molecule has 1 aliphatic rings. The van der Waals surface area contributed by atoms with E-state index in [1.54, 1.807) is 0 Å². The van der Waals surface area contributed by atoms with Crippen LogP contribution in [0.1, 0.15) is 26.7 Å². The molecule has 1 atom stereocenters. The van der Waals surface area contributed by atoms with Gasteiger partial charge in [0.15, 0.2) is 0 Å². The van der Waals surface area contributed by atoms with Gasteiger partial charge in [0.25, 0.3) is 0 Å². The monoisotopic (exact) mass is 122 g/mol. The molecule has 0 fully saturated rings. The Morgan fingerprint density at radius 2 is 2.44 bits per heavy atom. The third kappa shape index (κ3) is 1.44. The van der Waals surface area contributed by atoms with Crippen molar-refractivity contribution in [3.05, 3.63) is 23.8 Å². The van der Waals surface area contributed by atoms with Crippen LogP contribution in [0.2, 0.25) is 0 Å². The Labute approximate surface area is 57.3 Å². The Hall–Kier alpha value is -0.520. The van der Waals surface area contributed by atoms with E-state index in [4.69, 9.17) is 0 Å². The van der Waals surface area contributed by atoms with E-state index in [2.05, 4.69) is 26.5 Å². The van der Waals surface area contributed by atoms with E-state index in [0.717, 1.165) is 5.92 Å². The molecule has 0 aromatic heterocycles. The fourth-order valence-electron chi connectivity index (χ4n) is 1.27. The lowest BCUT2D eigenvalue weighted by molar-refractivity contribution is 0.661. The zero-order chi connectivity index (χ0) is 6.85. The van der Waals surface area contributed by atoms with Crippen molar-refractivity contribution >= 4 is 0 Å². The summed E-state index contributed by atoms with van der Waals surface area (Å²) in [6.45, 7) is 8.26. The minimum absolute atomic E-state index is 0.755. The second-order valence-corrected chi connectivity index (χ2v) is 3.03. The van der Waals surface area contributed by atoms with Crippen molar-refractivity contribution in [2.45, 2.75) is 26.7 Å². The molecule has 0 spiro atoms. The van der Waals surface area contributed by atoms with Gasteiger partial charge in [0, 0.05) is 0 Å². The molecule has 0 saturated carbocycles. The van der Waals surface area contributed by atoms with Crippen LogP contribution in [0.15, 0.2) is 23.8 Å². The minimum atomic E-state index is 0.755. The van der Waals surface area contributed by atoms with Crippen LogP contribution in [-0.4, -0.2) is 0 Å². The summed E-state index contributed by atoms with van der Waals surface area (Å²) in [5, 5.41) is 0. The van der Waals surface area contributed by atoms with Crippen LogP contribution in [0.4, 0.5) is 0 Å². The molecular formula is C9H14. The second-order valence-electron chi connectivity index (χ2n) is 3.03. The molecule has 0 heteroatoms. The van der Waals surface area contributed by atoms with E-state index in [1.807, 2.05) is 0 Å². The van der Waals surface area contributed by atoms with Crippen LogP contribution >= 0.6 is 0 Å². The summed E-state index contributed by atoms with van der Waals surface area (Å²) in [5.41, 5.74) is 2.87. The highest BCUT2D eigenvalue weighted by Gasteiger charge is 2.13. The number of rotatable bonds is 1. The zero-order valence-corrected chi connectivity index (χ0v) is 6.28. The standard InChI is InChI=1S/C9H14/c1-7(2)9-5-4-8(3)6-9/h4,9H,1,5-6H2,2-3H3/t9-/m1/s1. The first-order chi connectivity index (χ1) is 4.20. The molecule has 0 aliphatic heterocycles. The van der Waals surface area contributed by atoms with Gasteiger partial charge in [0.05, 0.1) is 0 Å². The Balaban J connectivity index is 2.47. The van der Waals surface area contributed by atoms with Crippen molar-refractivity contribution in [2.24, 2.45) is 5.92 Å². The molecule has 1 rings (SSSR count). The number of hydrogen-bond donors (Lipinski definition) is 0. The maximum absolute atomic E-state index is 3.94. The van der Waals surface area contributed by atoms with Crippen LogP contribution in [0.3, 0.4) is 0 Å². The molecule has 0 bridgehead atoms. The summed E-state index contributed by atoms with van der Waals surface area (Å²) in [5.74, 6) is 0.755. The van der Waals surface area contributed by atoms with Crippen molar-refractivity contribution in [2.75, 3.05) is 0 Å². The van der Waals surface area contributed by atoms with Gasteiger partial charge in [-0.15, -0.1) is 0 Å². The third-order valence-corrected chi connectivity index (χ3v) is 2.02. The Morgan fingerprint density at radius 3 is 2.67 bits per heavy atom. The topological polar surface area (TPSA) is 0 Å². The fourth-order valence-corrected chi connectivity index (χ4v) is 1.27. The van der Waals surface area contributed by atoms with E-state index in [9.17, 15) is 0 Å². The minimum Gasteiger partial charge on any atom is -0.0998 e. The molecule has 9 heavy (non-hydrogen) atoms. The average molecular weight is 122 g/mol. The molecule has 0 nitrogen and oxygen atoms in total. The van der Waals surface area contributed by atoms with E-state index in [0.29, 0.717) is 0 Å². The van der Waals surface area contributed by atoms with Gasteiger partial charge < -0.3 is 0 Å². The van der Waals surface area contributed by atoms with Gasteiger partial charge in [-0.05, 0) is 32.6 Å². The first-order valence-corrected chi connectivity index (χ1v) is 3.51. The lowest BCUT2D eigenvalue weighted by Gasteiger charge is -2.06. The van der Waals surface area contributed by atoms with Crippen LogP contribution < -0.4 is 0 Å². The van der Waals surface area contributed by atoms with E-state index >= 15 is 0 Å². The predicted octanol–water partition coefficient (Wildman–Crippen LogP) is 2.92. The smallest absolute Gasteiger partial charge is 0.0137 e. The lowest BCUT2D eigenvalue weighted by Crippen LogP contribution is -1.93. The van der Waals surface area contributed by atoms with Gasteiger partial charge in [-0.25, -0.2) is 0 Å². The maximum Gasteiger partial charge on any atom is -0.0137 e. The molecule has 0 amide bonds. The van der Waals surface area contributed by atoms with E-state index < -0.39 is 0 Å². The van der Waals surface area contributed by atoms with Gasteiger partial charge in [-0.1, -0.05) is 23.8 Å². The molecule has 0 unspecified atom stereocenters. The van der Waals surface area contributed by atoms with E-state index in [1.165, 1.54) is 24.0 Å². The van der Waals surface area contributed by atoms with Gasteiger partial charge in [-0.3, -0.25) is 0 Å². The van der Waals surface area contributed by atoms with Gasteiger partial charge >= 0.3 is 0 Å². The average Bonchev–Trinajstić information content (AvgIpc) is 2.14. The van der Waals surface area contributed by atoms with Gasteiger partial charge in [0.2, 0.25) is 0 Å². The van der Waals surface area contributed by atoms with Gasteiger partial charge in [-0.2, -0.15) is 0 Å². The predicted molar refractivity (Wildman–Crippen MR) is 41.3 cm³/mol. The Kier molecular flexibility index (Phi) is 1.75. The molecule has 0 aromatic rings. The number of hydrogen-bond acceptors (Lipinski definition) is 0. The first kappa shape index (κ1) is 6.60. The molecule has 0 N–H and O–H groups in total. The summed E-state index contributed by atoms with van der Waals surface area (Å²) in [7, 11) is 0. The van der Waals surface area contributed by atoms with Gasteiger partial charge in [0.1, 0.15) is 0 Å². The quantitative estimate of drug-likeness (QED) is 0.469. The molecule has 0 saturated heterocycles. The third-order valence-electron chi connectivity index (χ3n) is 2.02.